The lowest BCUT2D eigenvalue weighted by molar-refractivity contribution is 0.578. The van der Waals surface area contributed by atoms with Crippen molar-refractivity contribution >= 4 is 22.6 Å². The topological polar surface area (TPSA) is 36.9 Å². The Morgan fingerprint density at radius 3 is 2.73 bits per heavy atom. The molecule has 1 aromatic heterocycles. The molecule has 0 unspecified atom stereocenters. The molecule has 74 valence electrons. The summed E-state index contributed by atoms with van der Waals surface area (Å²) in [6.07, 6.45) is 1.49. The summed E-state index contributed by atoms with van der Waals surface area (Å²) in [4.78, 5) is 0. The number of halogens is 2. The van der Waals surface area contributed by atoms with Crippen molar-refractivity contribution in [1.82, 2.24) is 0 Å². The smallest absolute Gasteiger partial charge is 0.155 e. The first-order valence-corrected chi connectivity index (χ1v) is 5.24. The van der Waals surface area contributed by atoms with Crippen molar-refractivity contribution in [2.24, 2.45) is 0 Å². The molecule has 0 spiro atoms. The summed E-state index contributed by atoms with van der Waals surface area (Å²) < 4.78 is 19.1. The molecule has 0 saturated carbocycles. The highest BCUT2D eigenvalue weighted by Crippen LogP contribution is 2.27. The number of furan rings is 1. The van der Waals surface area contributed by atoms with Gasteiger partial charge in [-0.2, -0.15) is 5.26 Å². The van der Waals surface area contributed by atoms with Crippen LogP contribution in [-0.2, 0) is 0 Å². The van der Waals surface area contributed by atoms with Gasteiger partial charge in [-0.15, -0.1) is 0 Å². The van der Waals surface area contributed by atoms with Gasteiger partial charge in [0, 0.05) is 5.56 Å². The lowest BCUT2D eigenvalue weighted by Gasteiger charge is -2.02. The third-order valence-corrected chi connectivity index (χ3v) is 2.83. The molecule has 0 radical (unpaired) electrons. The van der Waals surface area contributed by atoms with E-state index in [1.54, 1.807) is 24.3 Å². The van der Waals surface area contributed by atoms with Crippen LogP contribution < -0.4 is 0 Å². The van der Waals surface area contributed by atoms with Gasteiger partial charge in [-0.3, -0.25) is 0 Å². The number of rotatable bonds is 1. The van der Waals surface area contributed by atoms with Crippen molar-refractivity contribution in [3.05, 3.63) is 45.5 Å². The molecule has 0 atom stereocenters. The molecular formula is C11H5FINO. The normalized spacial score (nSPS) is 9.93. The van der Waals surface area contributed by atoms with Gasteiger partial charge in [0.15, 0.2) is 5.82 Å². The Bertz CT molecular complexity index is 528. The summed E-state index contributed by atoms with van der Waals surface area (Å²) in [5.74, 6) is 0.00819. The molecule has 0 aliphatic heterocycles. The molecular weight excluding hydrogens is 308 g/mol. The van der Waals surface area contributed by atoms with Gasteiger partial charge in [-0.25, -0.2) is 4.39 Å². The van der Waals surface area contributed by atoms with Crippen LogP contribution >= 0.6 is 22.6 Å². The molecule has 0 aliphatic rings. The van der Waals surface area contributed by atoms with Crippen LogP contribution in [0.5, 0.6) is 0 Å². The van der Waals surface area contributed by atoms with E-state index in [1.807, 2.05) is 28.7 Å². The predicted octanol–water partition coefficient (Wildman–Crippen LogP) is 3.56. The summed E-state index contributed by atoms with van der Waals surface area (Å²) in [6.45, 7) is 0. The summed E-state index contributed by atoms with van der Waals surface area (Å²) in [5.41, 5.74) is 0.511. The van der Waals surface area contributed by atoms with Crippen LogP contribution in [0.3, 0.4) is 0 Å². The zero-order valence-electron chi connectivity index (χ0n) is 7.50. The Morgan fingerprint density at radius 1 is 1.33 bits per heavy atom. The van der Waals surface area contributed by atoms with Crippen molar-refractivity contribution in [3.63, 3.8) is 0 Å². The lowest BCUT2D eigenvalue weighted by atomic mass is 10.1. The van der Waals surface area contributed by atoms with Crippen LogP contribution in [0.25, 0.3) is 11.3 Å². The molecule has 4 heteroatoms. The standard InChI is InChI=1S/C11H5FINO/c12-11-8(6-14)7(3-4-9(11)13)10-2-1-5-15-10/h1-5H. The largest absolute Gasteiger partial charge is 0.464 e. The van der Waals surface area contributed by atoms with Crippen LogP contribution in [-0.4, -0.2) is 0 Å². The van der Waals surface area contributed by atoms with Crippen LogP contribution in [0, 0.1) is 20.7 Å². The van der Waals surface area contributed by atoms with Crippen LogP contribution in [0.15, 0.2) is 34.9 Å². The Labute approximate surface area is 99.5 Å². The van der Waals surface area contributed by atoms with E-state index in [-0.39, 0.29) is 5.56 Å². The van der Waals surface area contributed by atoms with E-state index in [9.17, 15) is 4.39 Å². The fourth-order valence-corrected chi connectivity index (χ4v) is 1.75. The van der Waals surface area contributed by atoms with Gasteiger partial charge in [-0.1, -0.05) is 0 Å². The molecule has 0 bridgehead atoms. The third kappa shape index (κ3) is 1.75. The number of nitrogens with zero attached hydrogens (tertiary/aromatic N) is 1. The summed E-state index contributed by atoms with van der Waals surface area (Å²) in [7, 11) is 0. The second kappa shape index (κ2) is 4.03. The Kier molecular flexibility index (Phi) is 2.73. The average Bonchev–Trinajstić information content (AvgIpc) is 2.75. The zero-order chi connectivity index (χ0) is 10.8. The van der Waals surface area contributed by atoms with E-state index in [0.717, 1.165) is 0 Å². The first kappa shape index (κ1) is 10.2. The van der Waals surface area contributed by atoms with Gasteiger partial charge in [0.2, 0.25) is 0 Å². The Morgan fingerprint density at radius 2 is 2.13 bits per heavy atom. The number of benzene rings is 1. The first-order valence-electron chi connectivity index (χ1n) is 4.16. The van der Waals surface area contributed by atoms with Crippen molar-refractivity contribution < 1.29 is 8.81 Å². The van der Waals surface area contributed by atoms with Gasteiger partial charge < -0.3 is 4.42 Å². The number of hydrogen-bond donors (Lipinski definition) is 0. The molecule has 0 saturated heterocycles. The molecule has 2 rings (SSSR count). The zero-order valence-corrected chi connectivity index (χ0v) is 9.66. The van der Waals surface area contributed by atoms with Gasteiger partial charge in [0.1, 0.15) is 11.8 Å². The first-order chi connectivity index (χ1) is 7.24. The van der Waals surface area contributed by atoms with E-state index in [0.29, 0.717) is 14.9 Å². The minimum Gasteiger partial charge on any atom is -0.464 e. The monoisotopic (exact) mass is 313 g/mol. The highest BCUT2D eigenvalue weighted by Gasteiger charge is 2.14. The highest BCUT2D eigenvalue weighted by atomic mass is 127. The van der Waals surface area contributed by atoms with E-state index in [4.69, 9.17) is 9.68 Å². The van der Waals surface area contributed by atoms with E-state index < -0.39 is 5.82 Å². The molecule has 0 amide bonds. The van der Waals surface area contributed by atoms with Crippen LogP contribution in [0.2, 0.25) is 0 Å². The minimum atomic E-state index is -0.494. The van der Waals surface area contributed by atoms with Gasteiger partial charge >= 0.3 is 0 Å². The molecule has 0 N–H and O–H groups in total. The molecule has 0 aliphatic carbocycles. The molecule has 0 fully saturated rings. The quantitative estimate of drug-likeness (QED) is 0.755. The van der Waals surface area contributed by atoms with E-state index in [1.165, 1.54) is 6.26 Å². The fourth-order valence-electron chi connectivity index (χ4n) is 1.30. The van der Waals surface area contributed by atoms with Crippen LogP contribution in [0.4, 0.5) is 4.39 Å². The predicted molar refractivity (Wildman–Crippen MR) is 61.5 cm³/mol. The van der Waals surface area contributed by atoms with Gasteiger partial charge in [0.05, 0.1) is 15.4 Å². The summed E-state index contributed by atoms with van der Waals surface area (Å²) >= 11 is 1.85. The maximum Gasteiger partial charge on any atom is 0.155 e. The third-order valence-electron chi connectivity index (χ3n) is 1.99. The molecule has 1 heterocycles. The summed E-state index contributed by atoms with van der Waals surface area (Å²) in [6, 6.07) is 8.55. The minimum absolute atomic E-state index is 0.0249. The molecule has 15 heavy (non-hydrogen) atoms. The average molecular weight is 313 g/mol. The van der Waals surface area contributed by atoms with Crippen LogP contribution in [0.1, 0.15) is 5.56 Å². The Balaban J connectivity index is 2.69. The van der Waals surface area contributed by atoms with Gasteiger partial charge in [-0.05, 0) is 46.9 Å². The second-order valence-corrected chi connectivity index (χ2v) is 4.04. The molecule has 1 aromatic carbocycles. The van der Waals surface area contributed by atoms with Crippen molar-refractivity contribution in [2.75, 3.05) is 0 Å². The summed E-state index contributed by atoms with van der Waals surface area (Å²) in [5, 5.41) is 8.89. The molecule has 2 aromatic rings. The van der Waals surface area contributed by atoms with E-state index in [2.05, 4.69) is 0 Å². The van der Waals surface area contributed by atoms with E-state index >= 15 is 0 Å². The molecule has 2 nitrogen and oxygen atoms in total. The Hall–Kier alpha value is -1.35. The second-order valence-electron chi connectivity index (χ2n) is 2.87. The van der Waals surface area contributed by atoms with Gasteiger partial charge in [0.25, 0.3) is 0 Å². The van der Waals surface area contributed by atoms with Crippen molar-refractivity contribution in [1.29, 1.82) is 5.26 Å². The van der Waals surface area contributed by atoms with Crippen molar-refractivity contribution in [2.45, 2.75) is 0 Å². The van der Waals surface area contributed by atoms with Crippen molar-refractivity contribution in [3.8, 4) is 17.4 Å². The number of hydrogen-bond acceptors (Lipinski definition) is 2. The SMILES string of the molecule is N#Cc1c(-c2ccco2)ccc(I)c1F. The number of nitriles is 1. The maximum atomic E-state index is 13.6. The highest BCUT2D eigenvalue weighted by molar-refractivity contribution is 14.1. The fraction of sp³-hybridized carbons (Fsp3) is 0. The maximum absolute atomic E-state index is 13.6. The lowest BCUT2D eigenvalue weighted by Crippen LogP contribution is -1.91.